The highest BCUT2D eigenvalue weighted by Gasteiger charge is 2.22. The van der Waals surface area contributed by atoms with Crippen LogP contribution < -0.4 is 15.2 Å². The van der Waals surface area contributed by atoms with Crippen molar-refractivity contribution in [3.05, 3.63) is 58.0 Å². The van der Waals surface area contributed by atoms with Crippen LogP contribution in [0.1, 0.15) is 24.0 Å². The maximum absolute atomic E-state index is 12.3. The maximum Gasteiger partial charge on any atom is 0.328 e. The molecule has 4 rings (SSSR count). The third-order valence-corrected chi connectivity index (χ3v) is 6.11. The van der Waals surface area contributed by atoms with Gasteiger partial charge in [0, 0.05) is 45.9 Å². The van der Waals surface area contributed by atoms with Crippen molar-refractivity contribution < 1.29 is 14.2 Å². The topological polar surface area (TPSA) is 57.9 Å². The SMILES string of the molecule is COc1cccc(CN(Cc2ccc3c(c2)n(C)c(=O)n3C)C[C@H]2CCCO2)c1OC. The van der Waals surface area contributed by atoms with Gasteiger partial charge in [0.2, 0.25) is 0 Å². The second-order valence-electron chi connectivity index (χ2n) is 8.18. The Morgan fingerprint density at radius 3 is 2.58 bits per heavy atom. The summed E-state index contributed by atoms with van der Waals surface area (Å²) in [5.74, 6) is 1.50. The highest BCUT2D eigenvalue weighted by Crippen LogP contribution is 2.32. The fourth-order valence-corrected chi connectivity index (χ4v) is 4.49. The third-order valence-electron chi connectivity index (χ3n) is 6.11. The van der Waals surface area contributed by atoms with E-state index in [1.165, 1.54) is 0 Å². The van der Waals surface area contributed by atoms with Gasteiger partial charge >= 0.3 is 5.69 Å². The molecule has 2 heterocycles. The van der Waals surface area contributed by atoms with E-state index in [-0.39, 0.29) is 11.8 Å². The second-order valence-corrected chi connectivity index (χ2v) is 8.18. The molecule has 7 nitrogen and oxygen atoms in total. The molecule has 1 aliphatic rings. The summed E-state index contributed by atoms with van der Waals surface area (Å²) in [5.41, 5.74) is 4.11. The molecule has 1 aromatic heterocycles. The summed E-state index contributed by atoms with van der Waals surface area (Å²) in [4.78, 5) is 14.7. The van der Waals surface area contributed by atoms with Crippen molar-refractivity contribution in [3.8, 4) is 11.5 Å². The number of benzene rings is 2. The summed E-state index contributed by atoms with van der Waals surface area (Å²) in [7, 11) is 6.96. The Kier molecular flexibility index (Phi) is 6.34. The van der Waals surface area contributed by atoms with Gasteiger partial charge in [0.1, 0.15) is 0 Å². The molecule has 1 fully saturated rings. The predicted octanol–water partition coefficient (Wildman–Crippen LogP) is 3.08. The molecule has 3 aromatic rings. The Morgan fingerprint density at radius 1 is 1.06 bits per heavy atom. The summed E-state index contributed by atoms with van der Waals surface area (Å²) in [6.45, 7) is 3.14. The largest absolute Gasteiger partial charge is 0.493 e. The van der Waals surface area contributed by atoms with E-state index in [9.17, 15) is 4.79 Å². The van der Waals surface area contributed by atoms with Gasteiger partial charge in [0.05, 0.1) is 31.4 Å². The monoisotopic (exact) mass is 425 g/mol. The van der Waals surface area contributed by atoms with E-state index in [0.717, 1.165) is 66.2 Å². The molecule has 31 heavy (non-hydrogen) atoms. The molecule has 1 atom stereocenters. The second kappa shape index (κ2) is 9.16. The van der Waals surface area contributed by atoms with Gasteiger partial charge in [-0.2, -0.15) is 0 Å². The Hall–Kier alpha value is -2.77. The van der Waals surface area contributed by atoms with E-state index in [1.807, 2.05) is 32.3 Å². The average molecular weight is 426 g/mol. The van der Waals surface area contributed by atoms with Gasteiger partial charge in [-0.15, -0.1) is 0 Å². The molecule has 1 aliphatic heterocycles. The van der Waals surface area contributed by atoms with Crippen LogP contribution in [0, 0.1) is 0 Å². The molecule has 166 valence electrons. The van der Waals surface area contributed by atoms with Crippen LogP contribution in [0.3, 0.4) is 0 Å². The number of rotatable bonds is 8. The van der Waals surface area contributed by atoms with Gasteiger partial charge in [-0.1, -0.05) is 18.2 Å². The van der Waals surface area contributed by atoms with E-state index < -0.39 is 0 Å². The standard InChI is InChI=1S/C24H31N3O4/c1-25-20-11-10-17(13-21(20)26(2)24(25)28)14-27(16-19-8-6-12-31-19)15-18-7-5-9-22(29-3)23(18)30-4/h5,7,9-11,13,19H,6,8,12,14-16H2,1-4H3/t19-/m1/s1. The quantitative estimate of drug-likeness (QED) is 0.555. The van der Waals surface area contributed by atoms with Crippen molar-refractivity contribution in [2.45, 2.75) is 32.0 Å². The molecule has 0 amide bonds. The molecule has 0 N–H and O–H groups in total. The minimum absolute atomic E-state index is 0.00974. The third kappa shape index (κ3) is 4.34. The molecule has 0 aliphatic carbocycles. The number of methoxy groups -OCH3 is 2. The number of imidazole rings is 1. The minimum Gasteiger partial charge on any atom is -0.493 e. The molecule has 1 saturated heterocycles. The zero-order valence-electron chi connectivity index (χ0n) is 18.8. The lowest BCUT2D eigenvalue weighted by Crippen LogP contribution is -2.31. The molecule has 2 aromatic carbocycles. The van der Waals surface area contributed by atoms with Crippen molar-refractivity contribution >= 4 is 11.0 Å². The Bertz CT molecular complexity index is 1110. The van der Waals surface area contributed by atoms with E-state index in [1.54, 1.807) is 23.4 Å². The van der Waals surface area contributed by atoms with Crippen LogP contribution in [-0.2, 0) is 31.9 Å². The summed E-state index contributed by atoms with van der Waals surface area (Å²) >= 11 is 0. The van der Waals surface area contributed by atoms with Crippen LogP contribution >= 0.6 is 0 Å². The number of hydrogen-bond donors (Lipinski definition) is 0. The molecule has 0 bridgehead atoms. The molecule has 0 radical (unpaired) electrons. The van der Waals surface area contributed by atoms with Crippen LogP contribution in [0.25, 0.3) is 11.0 Å². The number of aromatic nitrogens is 2. The zero-order chi connectivity index (χ0) is 22.0. The summed E-state index contributed by atoms with van der Waals surface area (Å²) in [6, 6.07) is 12.2. The van der Waals surface area contributed by atoms with E-state index in [0.29, 0.717) is 6.54 Å². The van der Waals surface area contributed by atoms with E-state index in [2.05, 4.69) is 23.1 Å². The summed E-state index contributed by atoms with van der Waals surface area (Å²) in [6.07, 6.45) is 2.43. The Balaban J connectivity index is 1.63. The number of fused-ring (bicyclic) bond motifs is 1. The van der Waals surface area contributed by atoms with Gasteiger partial charge in [-0.05, 0) is 36.6 Å². The highest BCUT2D eigenvalue weighted by molar-refractivity contribution is 5.76. The van der Waals surface area contributed by atoms with Gasteiger partial charge in [0.25, 0.3) is 0 Å². The molecule has 0 spiro atoms. The molecule has 0 unspecified atom stereocenters. The highest BCUT2D eigenvalue weighted by atomic mass is 16.5. The lowest BCUT2D eigenvalue weighted by atomic mass is 10.1. The fourth-order valence-electron chi connectivity index (χ4n) is 4.49. The van der Waals surface area contributed by atoms with Crippen LogP contribution in [0.2, 0.25) is 0 Å². The predicted molar refractivity (Wildman–Crippen MR) is 121 cm³/mol. The first-order chi connectivity index (χ1) is 15.0. The average Bonchev–Trinajstić information content (AvgIpc) is 3.36. The van der Waals surface area contributed by atoms with E-state index >= 15 is 0 Å². The van der Waals surface area contributed by atoms with Crippen LogP contribution in [0.15, 0.2) is 41.2 Å². The molecular weight excluding hydrogens is 394 g/mol. The van der Waals surface area contributed by atoms with E-state index in [4.69, 9.17) is 14.2 Å². The van der Waals surface area contributed by atoms with Crippen LogP contribution in [0.4, 0.5) is 0 Å². The first-order valence-electron chi connectivity index (χ1n) is 10.7. The minimum atomic E-state index is -0.00974. The molecule has 7 heteroatoms. The molecular formula is C24H31N3O4. The summed E-state index contributed by atoms with van der Waals surface area (Å²) in [5, 5.41) is 0. The van der Waals surface area contributed by atoms with Gasteiger partial charge in [0.15, 0.2) is 11.5 Å². The number of para-hydroxylation sites is 1. The van der Waals surface area contributed by atoms with Gasteiger partial charge in [-0.3, -0.25) is 14.0 Å². The Morgan fingerprint density at radius 2 is 1.87 bits per heavy atom. The van der Waals surface area contributed by atoms with Gasteiger partial charge < -0.3 is 14.2 Å². The first-order valence-corrected chi connectivity index (χ1v) is 10.7. The zero-order valence-corrected chi connectivity index (χ0v) is 18.8. The first kappa shape index (κ1) is 21.5. The number of aryl methyl sites for hydroxylation is 2. The fraction of sp³-hybridized carbons (Fsp3) is 0.458. The van der Waals surface area contributed by atoms with Crippen molar-refractivity contribution in [2.75, 3.05) is 27.4 Å². The number of nitrogens with zero attached hydrogens (tertiary/aromatic N) is 3. The summed E-state index contributed by atoms with van der Waals surface area (Å²) < 4.78 is 20.4. The smallest absolute Gasteiger partial charge is 0.328 e. The van der Waals surface area contributed by atoms with Gasteiger partial charge in [-0.25, -0.2) is 4.79 Å². The Labute approximate surface area is 182 Å². The number of hydrogen-bond acceptors (Lipinski definition) is 5. The maximum atomic E-state index is 12.3. The van der Waals surface area contributed by atoms with Crippen LogP contribution in [-0.4, -0.2) is 47.5 Å². The van der Waals surface area contributed by atoms with Crippen molar-refractivity contribution in [1.82, 2.24) is 14.0 Å². The van der Waals surface area contributed by atoms with Crippen molar-refractivity contribution in [2.24, 2.45) is 14.1 Å². The molecule has 0 saturated carbocycles. The van der Waals surface area contributed by atoms with Crippen molar-refractivity contribution in [1.29, 1.82) is 0 Å². The van der Waals surface area contributed by atoms with Crippen LogP contribution in [0.5, 0.6) is 11.5 Å². The lowest BCUT2D eigenvalue weighted by molar-refractivity contribution is 0.0676. The lowest BCUT2D eigenvalue weighted by Gasteiger charge is -2.26. The van der Waals surface area contributed by atoms with Crippen molar-refractivity contribution in [3.63, 3.8) is 0 Å². The normalized spacial score (nSPS) is 16.4. The number of ether oxygens (including phenoxy) is 3.